The molecule has 152 valence electrons. The van der Waals surface area contributed by atoms with Crippen molar-refractivity contribution in [3.8, 4) is 11.4 Å². The molecule has 1 amide bonds. The third kappa shape index (κ3) is 3.11. The predicted molar refractivity (Wildman–Crippen MR) is 115 cm³/mol. The number of amidine groups is 2. The number of nitro groups is 1. The van der Waals surface area contributed by atoms with Crippen molar-refractivity contribution in [3.63, 3.8) is 0 Å². The van der Waals surface area contributed by atoms with E-state index in [4.69, 9.17) is 10.1 Å². The van der Waals surface area contributed by atoms with Crippen LogP contribution in [-0.4, -0.2) is 38.4 Å². The maximum absolute atomic E-state index is 12.5. The lowest BCUT2D eigenvalue weighted by atomic mass is 10.1. The van der Waals surface area contributed by atoms with Gasteiger partial charge in [0.1, 0.15) is 11.6 Å². The highest BCUT2D eigenvalue weighted by molar-refractivity contribution is 8.16. The molecule has 1 N–H and O–H groups in total. The molecule has 3 heterocycles. The van der Waals surface area contributed by atoms with Gasteiger partial charge < -0.3 is 9.30 Å². The van der Waals surface area contributed by atoms with E-state index in [9.17, 15) is 14.9 Å². The zero-order valence-corrected chi connectivity index (χ0v) is 17.2. The fourth-order valence-corrected chi connectivity index (χ4v) is 4.16. The molecule has 2 aliphatic heterocycles. The van der Waals surface area contributed by atoms with E-state index in [0.29, 0.717) is 16.6 Å². The van der Waals surface area contributed by atoms with Gasteiger partial charge in [-0.1, -0.05) is 11.8 Å². The SMILES string of the molecule is COc1cc([N+](=O)[O-])ccc1-n1c(C)cc(C=C2C(=N)N3C=CSC3=NC2=O)c1C. The van der Waals surface area contributed by atoms with E-state index in [2.05, 4.69) is 4.99 Å². The average Bonchev–Trinajstić information content (AvgIpc) is 3.28. The topological polar surface area (TPSA) is 114 Å². The number of aliphatic imine (C=N–C) groups is 1. The van der Waals surface area contributed by atoms with Crippen molar-refractivity contribution < 1.29 is 14.5 Å². The Hall–Kier alpha value is -3.66. The molecular formula is C20H17N5O4S. The number of hydrogen-bond donors (Lipinski definition) is 1. The van der Waals surface area contributed by atoms with Crippen LogP contribution in [0.3, 0.4) is 0 Å². The average molecular weight is 423 g/mol. The lowest BCUT2D eigenvalue weighted by Gasteiger charge is -2.22. The number of carbonyl (C=O) groups excluding carboxylic acids is 1. The van der Waals surface area contributed by atoms with Gasteiger partial charge >= 0.3 is 0 Å². The minimum absolute atomic E-state index is 0.0631. The Labute approximate surface area is 176 Å². The number of non-ortho nitro benzene ring substituents is 1. The zero-order chi connectivity index (χ0) is 21.6. The third-order valence-electron chi connectivity index (χ3n) is 4.90. The predicted octanol–water partition coefficient (Wildman–Crippen LogP) is 3.79. The summed E-state index contributed by atoms with van der Waals surface area (Å²) >= 11 is 1.30. The highest BCUT2D eigenvalue weighted by atomic mass is 32.2. The van der Waals surface area contributed by atoms with Crippen molar-refractivity contribution in [2.45, 2.75) is 13.8 Å². The van der Waals surface area contributed by atoms with Crippen molar-refractivity contribution in [1.82, 2.24) is 9.47 Å². The van der Waals surface area contributed by atoms with Crippen molar-refractivity contribution in [2.75, 3.05) is 7.11 Å². The fraction of sp³-hybridized carbons (Fsp3) is 0.150. The van der Waals surface area contributed by atoms with Crippen molar-refractivity contribution in [3.05, 3.63) is 68.5 Å². The lowest BCUT2D eigenvalue weighted by molar-refractivity contribution is -0.384. The molecule has 0 fully saturated rings. The summed E-state index contributed by atoms with van der Waals surface area (Å²) in [4.78, 5) is 28.7. The molecule has 2 aliphatic rings. The van der Waals surface area contributed by atoms with Crippen LogP contribution < -0.4 is 4.74 Å². The number of amides is 1. The van der Waals surface area contributed by atoms with E-state index in [-0.39, 0.29) is 17.1 Å². The van der Waals surface area contributed by atoms with E-state index in [0.717, 1.165) is 17.0 Å². The van der Waals surface area contributed by atoms with Gasteiger partial charge in [-0.25, -0.2) is 0 Å². The van der Waals surface area contributed by atoms with Crippen LogP contribution in [0.5, 0.6) is 5.75 Å². The molecule has 0 radical (unpaired) electrons. The summed E-state index contributed by atoms with van der Waals surface area (Å²) in [5.41, 5.74) is 3.17. The molecule has 2 aromatic rings. The standard InChI is InChI=1S/C20H17N5O4S/c1-11-8-13(9-15-18(21)23-6-7-30-20(23)22-19(15)26)12(2)24(11)16-5-4-14(25(27)28)10-17(16)29-3/h4-10,21H,1-3H3. The monoisotopic (exact) mass is 423 g/mol. The van der Waals surface area contributed by atoms with Gasteiger partial charge in [-0.2, -0.15) is 4.99 Å². The van der Waals surface area contributed by atoms with E-state index >= 15 is 0 Å². The first kappa shape index (κ1) is 19.6. The third-order valence-corrected chi connectivity index (χ3v) is 5.65. The molecule has 4 rings (SSSR count). The van der Waals surface area contributed by atoms with Crippen LogP contribution in [0.4, 0.5) is 5.69 Å². The minimum atomic E-state index is -0.475. The molecule has 1 aromatic carbocycles. The fourth-order valence-electron chi connectivity index (χ4n) is 3.46. The number of rotatable bonds is 4. The van der Waals surface area contributed by atoms with Gasteiger partial charge in [-0.15, -0.1) is 0 Å². The summed E-state index contributed by atoms with van der Waals surface area (Å²) in [6.45, 7) is 3.76. The van der Waals surface area contributed by atoms with Crippen LogP contribution in [0.25, 0.3) is 11.8 Å². The number of hydrogen-bond acceptors (Lipinski definition) is 6. The van der Waals surface area contributed by atoms with E-state index in [1.165, 1.54) is 31.0 Å². The highest BCUT2D eigenvalue weighted by Gasteiger charge is 2.31. The van der Waals surface area contributed by atoms with Crippen LogP contribution in [0, 0.1) is 29.4 Å². The number of aromatic nitrogens is 1. The molecule has 1 aromatic heterocycles. The number of fused-ring (bicyclic) bond motifs is 1. The van der Waals surface area contributed by atoms with Crippen molar-refractivity contribution in [2.24, 2.45) is 4.99 Å². The van der Waals surface area contributed by atoms with Crippen LogP contribution in [-0.2, 0) is 4.79 Å². The van der Waals surface area contributed by atoms with Gasteiger partial charge in [0.2, 0.25) is 0 Å². The Morgan fingerprint density at radius 3 is 2.77 bits per heavy atom. The first-order valence-corrected chi connectivity index (χ1v) is 9.77. The molecule has 30 heavy (non-hydrogen) atoms. The highest BCUT2D eigenvalue weighted by Crippen LogP contribution is 2.33. The van der Waals surface area contributed by atoms with Crippen LogP contribution in [0.2, 0.25) is 0 Å². The van der Waals surface area contributed by atoms with E-state index in [1.807, 2.05) is 24.5 Å². The maximum Gasteiger partial charge on any atom is 0.283 e. The summed E-state index contributed by atoms with van der Waals surface area (Å²) < 4.78 is 7.27. The quantitative estimate of drug-likeness (QED) is 0.455. The van der Waals surface area contributed by atoms with Gasteiger partial charge in [-0.3, -0.25) is 25.2 Å². The van der Waals surface area contributed by atoms with E-state index < -0.39 is 10.8 Å². The largest absolute Gasteiger partial charge is 0.494 e. The molecule has 10 heteroatoms. The number of nitrogens with zero attached hydrogens (tertiary/aromatic N) is 4. The van der Waals surface area contributed by atoms with Crippen molar-refractivity contribution >= 4 is 40.4 Å². The molecule has 0 spiro atoms. The second-order valence-electron chi connectivity index (χ2n) is 6.65. The number of benzene rings is 1. The second-order valence-corrected chi connectivity index (χ2v) is 7.53. The molecule has 0 atom stereocenters. The Kier molecular flexibility index (Phi) is 4.78. The number of thioether (sulfide) groups is 1. The van der Waals surface area contributed by atoms with Gasteiger partial charge in [0.05, 0.1) is 29.4 Å². The van der Waals surface area contributed by atoms with Crippen LogP contribution in [0.1, 0.15) is 17.0 Å². The van der Waals surface area contributed by atoms with Crippen LogP contribution in [0.15, 0.2) is 46.4 Å². The molecule has 0 unspecified atom stereocenters. The number of ether oxygens (including phenoxy) is 1. The summed E-state index contributed by atoms with van der Waals surface area (Å²) in [5, 5.41) is 21.7. The maximum atomic E-state index is 12.5. The normalized spacial score (nSPS) is 16.8. The summed E-state index contributed by atoms with van der Waals surface area (Å²) in [7, 11) is 1.46. The van der Waals surface area contributed by atoms with Crippen molar-refractivity contribution in [1.29, 1.82) is 5.41 Å². The van der Waals surface area contributed by atoms with E-state index in [1.54, 1.807) is 28.7 Å². The molecule has 0 aliphatic carbocycles. The summed E-state index contributed by atoms with van der Waals surface area (Å²) in [6.07, 6.45) is 3.36. The van der Waals surface area contributed by atoms with Gasteiger partial charge in [-0.05, 0) is 43.0 Å². The van der Waals surface area contributed by atoms with Gasteiger partial charge in [0.15, 0.2) is 5.17 Å². The number of nitrogens with one attached hydrogen (secondary N) is 1. The van der Waals surface area contributed by atoms with Gasteiger partial charge in [0.25, 0.3) is 11.6 Å². The molecule has 9 nitrogen and oxygen atoms in total. The second kappa shape index (κ2) is 7.30. The van der Waals surface area contributed by atoms with Gasteiger partial charge in [0, 0.05) is 23.7 Å². The number of nitro benzene ring substituents is 1. The molecule has 0 saturated carbocycles. The molecular weight excluding hydrogens is 406 g/mol. The number of carbonyl (C=O) groups is 1. The summed E-state index contributed by atoms with van der Waals surface area (Å²) in [5.74, 6) is -0.0238. The lowest BCUT2D eigenvalue weighted by Crippen LogP contribution is -2.35. The number of aryl methyl sites for hydroxylation is 1. The Morgan fingerprint density at radius 2 is 2.07 bits per heavy atom. The van der Waals surface area contributed by atoms with Crippen LogP contribution >= 0.6 is 11.8 Å². The molecule has 0 bridgehead atoms. The Balaban J connectivity index is 1.80. The Morgan fingerprint density at radius 1 is 1.30 bits per heavy atom. The first-order chi connectivity index (χ1) is 14.3. The summed E-state index contributed by atoms with van der Waals surface area (Å²) in [6, 6.07) is 6.31. The Bertz CT molecular complexity index is 1210. The minimum Gasteiger partial charge on any atom is -0.494 e. The smallest absolute Gasteiger partial charge is 0.283 e. The number of methoxy groups -OCH3 is 1. The first-order valence-electron chi connectivity index (χ1n) is 8.89. The molecule has 0 saturated heterocycles. The zero-order valence-electron chi connectivity index (χ0n) is 16.4.